The zero-order valence-electron chi connectivity index (χ0n) is 15.5. The predicted octanol–water partition coefficient (Wildman–Crippen LogP) is 2.62. The largest absolute Gasteiger partial charge is 0.466 e. The average Bonchev–Trinajstić information content (AvgIpc) is 2.77. The summed E-state index contributed by atoms with van der Waals surface area (Å²) in [5, 5.41) is 9.12. The quantitative estimate of drug-likeness (QED) is 0.756. The molecule has 2 aromatic carbocycles. The van der Waals surface area contributed by atoms with E-state index in [1.807, 2.05) is 24.3 Å². The molecule has 1 aliphatic heterocycles. The van der Waals surface area contributed by atoms with Gasteiger partial charge in [0.1, 0.15) is 12.4 Å². The number of anilines is 1. The monoisotopic (exact) mass is 378 g/mol. The molecule has 0 N–H and O–H groups in total. The first-order chi connectivity index (χ1) is 13.6. The minimum atomic E-state index is -0.652. The molecule has 0 saturated heterocycles. The highest BCUT2D eigenvalue weighted by Crippen LogP contribution is 2.30. The van der Waals surface area contributed by atoms with Gasteiger partial charge < -0.3 is 19.1 Å². The maximum absolute atomic E-state index is 12.4. The highest BCUT2D eigenvalue weighted by Gasteiger charge is 2.32. The zero-order valence-corrected chi connectivity index (χ0v) is 15.5. The molecule has 0 aromatic heterocycles. The van der Waals surface area contributed by atoms with Gasteiger partial charge in [0.2, 0.25) is 0 Å². The number of carbonyl (C=O) groups excluding carboxylic acids is 2. The molecule has 142 valence electrons. The van der Waals surface area contributed by atoms with E-state index in [0.29, 0.717) is 11.3 Å². The fourth-order valence-electron chi connectivity index (χ4n) is 2.97. The van der Waals surface area contributed by atoms with Gasteiger partial charge in [-0.2, -0.15) is 5.26 Å². The molecule has 0 amide bonds. The van der Waals surface area contributed by atoms with E-state index in [4.69, 9.17) is 19.5 Å². The Bertz CT molecular complexity index is 990. The highest BCUT2D eigenvalue weighted by molar-refractivity contribution is 6.03. The van der Waals surface area contributed by atoms with Gasteiger partial charge in [-0.05, 0) is 35.4 Å². The predicted molar refractivity (Wildman–Crippen MR) is 101 cm³/mol. The Morgan fingerprint density at radius 3 is 2.39 bits per heavy atom. The second-order valence-electron chi connectivity index (χ2n) is 5.96. The van der Waals surface area contributed by atoms with Crippen molar-refractivity contribution in [3.8, 4) is 17.2 Å². The van der Waals surface area contributed by atoms with Gasteiger partial charge in [-0.3, -0.25) is 0 Å². The lowest BCUT2D eigenvalue weighted by Gasteiger charge is -2.31. The molecule has 7 heteroatoms. The average molecular weight is 378 g/mol. The molecule has 7 nitrogen and oxygen atoms in total. The van der Waals surface area contributed by atoms with Crippen molar-refractivity contribution in [1.82, 2.24) is 0 Å². The Hall–Kier alpha value is -3.63. The van der Waals surface area contributed by atoms with Crippen LogP contribution in [0.15, 0.2) is 59.8 Å². The van der Waals surface area contributed by atoms with Crippen LogP contribution in [-0.2, 0) is 23.8 Å². The lowest BCUT2D eigenvalue weighted by atomic mass is 10.0. The first-order valence-electron chi connectivity index (χ1n) is 8.44. The van der Waals surface area contributed by atoms with E-state index in [-0.39, 0.29) is 24.6 Å². The van der Waals surface area contributed by atoms with Crippen LogP contribution in [0.25, 0.3) is 11.1 Å². The van der Waals surface area contributed by atoms with Crippen LogP contribution in [-0.4, -0.2) is 39.5 Å². The van der Waals surface area contributed by atoms with Crippen LogP contribution in [0.3, 0.4) is 0 Å². The minimum absolute atomic E-state index is 0.0441. The number of esters is 2. The Morgan fingerprint density at radius 1 is 1.04 bits per heavy atom. The fraction of sp³-hybridized carbons (Fsp3) is 0.190. The summed E-state index contributed by atoms with van der Waals surface area (Å²) in [4.78, 5) is 26.1. The summed E-state index contributed by atoms with van der Waals surface area (Å²) in [5.41, 5.74) is 3.08. The molecule has 1 aliphatic rings. The van der Waals surface area contributed by atoms with Crippen molar-refractivity contribution in [2.24, 2.45) is 0 Å². The smallest absolute Gasteiger partial charge is 0.355 e. The Balaban J connectivity index is 2.08. The normalized spacial score (nSPS) is 13.7. The first-order valence-corrected chi connectivity index (χ1v) is 8.44. The van der Waals surface area contributed by atoms with E-state index < -0.39 is 11.9 Å². The van der Waals surface area contributed by atoms with Gasteiger partial charge >= 0.3 is 11.9 Å². The van der Waals surface area contributed by atoms with Crippen LogP contribution in [0.2, 0.25) is 0 Å². The van der Waals surface area contributed by atoms with Crippen molar-refractivity contribution in [1.29, 1.82) is 5.26 Å². The molecule has 2 aromatic rings. The van der Waals surface area contributed by atoms with E-state index in [1.165, 1.54) is 14.2 Å². The molecular weight excluding hydrogens is 360 g/mol. The summed E-state index contributed by atoms with van der Waals surface area (Å²) < 4.78 is 15.1. The van der Waals surface area contributed by atoms with Crippen molar-refractivity contribution in [3.05, 3.63) is 65.4 Å². The molecule has 0 radical (unpaired) electrons. The van der Waals surface area contributed by atoms with Crippen molar-refractivity contribution >= 4 is 17.6 Å². The second kappa shape index (κ2) is 8.37. The molecule has 0 spiro atoms. The molecule has 3 rings (SSSR count). The number of hydrogen-bond donors (Lipinski definition) is 0. The third-order valence-electron chi connectivity index (χ3n) is 4.32. The second-order valence-corrected chi connectivity index (χ2v) is 5.96. The summed E-state index contributed by atoms with van der Waals surface area (Å²) >= 11 is 0. The molecular formula is C21H18N2O5. The van der Waals surface area contributed by atoms with Crippen molar-refractivity contribution in [2.75, 3.05) is 32.5 Å². The SMILES string of the molecule is COC(=O)C1=C(C(=O)OC)N(c2cccc(-c3cccc(C#N)c3)c2)COC1. The van der Waals surface area contributed by atoms with Crippen LogP contribution in [0.5, 0.6) is 0 Å². The highest BCUT2D eigenvalue weighted by atomic mass is 16.5. The van der Waals surface area contributed by atoms with Crippen LogP contribution >= 0.6 is 0 Å². The lowest BCUT2D eigenvalue weighted by molar-refractivity contribution is -0.140. The van der Waals surface area contributed by atoms with Crippen molar-refractivity contribution < 1.29 is 23.8 Å². The van der Waals surface area contributed by atoms with Gasteiger partial charge in [0, 0.05) is 5.69 Å². The fourth-order valence-corrected chi connectivity index (χ4v) is 2.97. The van der Waals surface area contributed by atoms with Gasteiger partial charge in [0.25, 0.3) is 0 Å². The third kappa shape index (κ3) is 3.72. The molecule has 0 fully saturated rings. The van der Waals surface area contributed by atoms with E-state index in [2.05, 4.69) is 6.07 Å². The lowest BCUT2D eigenvalue weighted by Crippen LogP contribution is -2.38. The maximum atomic E-state index is 12.4. The standard InChI is InChI=1S/C21H18N2O5/c1-26-20(24)18-12-28-13-23(19(18)21(25)27-2)17-8-4-7-16(10-17)15-6-3-5-14(9-15)11-22/h3-10H,12-13H2,1-2H3. The summed E-state index contributed by atoms with van der Waals surface area (Å²) in [5.74, 6) is -1.30. The van der Waals surface area contributed by atoms with Crippen LogP contribution in [0, 0.1) is 11.3 Å². The van der Waals surface area contributed by atoms with Crippen LogP contribution < -0.4 is 4.90 Å². The Morgan fingerprint density at radius 2 is 1.71 bits per heavy atom. The Labute approximate surface area is 162 Å². The number of hydrogen-bond acceptors (Lipinski definition) is 7. The number of nitrogens with zero attached hydrogens (tertiary/aromatic N) is 2. The topological polar surface area (TPSA) is 88.9 Å². The van der Waals surface area contributed by atoms with Crippen molar-refractivity contribution in [2.45, 2.75) is 0 Å². The van der Waals surface area contributed by atoms with E-state index >= 15 is 0 Å². The molecule has 1 heterocycles. The van der Waals surface area contributed by atoms with Gasteiger partial charge in [-0.25, -0.2) is 9.59 Å². The number of benzene rings is 2. The number of methoxy groups -OCH3 is 2. The van der Waals surface area contributed by atoms with E-state index in [9.17, 15) is 9.59 Å². The van der Waals surface area contributed by atoms with E-state index in [0.717, 1.165) is 11.1 Å². The number of ether oxygens (including phenoxy) is 3. The van der Waals surface area contributed by atoms with Gasteiger partial charge in [0.15, 0.2) is 0 Å². The number of rotatable bonds is 4. The Kier molecular flexibility index (Phi) is 5.72. The summed E-state index contributed by atoms with van der Waals surface area (Å²) in [6.07, 6.45) is 0. The van der Waals surface area contributed by atoms with Crippen molar-refractivity contribution in [3.63, 3.8) is 0 Å². The maximum Gasteiger partial charge on any atom is 0.355 e. The molecule has 0 bridgehead atoms. The molecule has 0 aliphatic carbocycles. The van der Waals surface area contributed by atoms with Gasteiger partial charge in [-0.15, -0.1) is 0 Å². The summed E-state index contributed by atoms with van der Waals surface area (Å²) in [7, 11) is 2.49. The minimum Gasteiger partial charge on any atom is -0.466 e. The first kappa shape index (κ1) is 19.1. The molecule has 0 atom stereocenters. The van der Waals surface area contributed by atoms with Gasteiger partial charge in [0.05, 0.1) is 38.0 Å². The van der Waals surface area contributed by atoms with Gasteiger partial charge in [-0.1, -0.05) is 24.3 Å². The number of nitriles is 1. The molecule has 0 saturated carbocycles. The van der Waals surface area contributed by atoms with Crippen LogP contribution in [0.4, 0.5) is 5.69 Å². The molecule has 28 heavy (non-hydrogen) atoms. The third-order valence-corrected chi connectivity index (χ3v) is 4.32. The zero-order chi connectivity index (χ0) is 20.1. The number of carbonyl (C=O) groups is 2. The van der Waals surface area contributed by atoms with E-state index in [1.54, 1.807) is 29.2 Å². The summed E-state index contributed by atoms with van der Waals surface area (Å²) in [6, 6.07) is 16.7. The molecule has 0 unspecified atom stereocenters. The van der Waals surface area contributed by atoms with Crippen LogP contribution in [0.1, 0.15) is 5.56 Å². The summed E-state index contributed by atoms with van der Waals surface area (Å²) in [6.45, 7) is 0.0319.